The summed E-state index contributed by atoms with van der Waals surface area (Å²) in [5.41, 5.74) is 6.93. The fourth-order valence-corrected chi connectivity index (χ4v) is 2.42. The number of nitrogens with one attached hydrogen (secondary N) is 1. The Morgan fingerprint density at radius 2 is 2.08 bits per heavy atom. The molecular formula is C18H20F3N3. The fourth-order valence-electron chi connectivity index (χ4n) is 2.42. The first-order valence-electron chi connectivity index (χ1n) is 7.70. The van der Waals surface area contributed by atoms with Crippen molar-refractivity contribution in [1.82, 2.24) is 10.2 Å². The van der Waals surface area contributed by atoms with Gasteiger partial charge in [-0.05, 0) is 43.1 Å². The van der Waals surface area contributed by atoms with Crippen LogP contribution in [0.25, 0.3) is 16.5 Å². The zero-order valence-corrected chi connectivity index (χ0v) is 13.7. The molecule has 2 aromatic rings. The zero-order valence-electron chi connectivity index (χ0n) is 13.7. The molecule has 1 heterocycles. The summed E-state index contributed by atoms with van der Waals surface area (Å²) >= 11 is 0. The molecule has 0 spiro atoms. The molecule has 6 heteroatoms. The Bertz CT molecular complexity index is 831. The summed E-state index contributed by atoms with van der Waals surface area (Å²) in [6, 6.07) is 1.94. The van der Waals surface area contributed by atoms with Crippen LogP contribution in [0.2, 0.25) is 0 Å². The lowest BCUT2D eigenvalue weighted by atomic mass is 10.1. The van der Waals surface area contributed by atoms with Gasteiger partial charge in [-0.3, -0.25) is 5.10 Å². The van der Waals surface area contributed by atoms with E-state index < -0.39 is 17.5 Å². The largest absolute Gasteiger partial charge is 0.396 e. The molecule has 1 aromatic carbocycles. The minimum absolute atomic E-state index is 0.0818. The molecular weight excluding hydrogens is 315 g/mol. The molecule has 3 nitrogen and oxygen atoms in total. The smallest absolute Gasteiger partial charge is 0.151 e. The number of fused-ring (bicyclic) bond motifs is 1. The summed E-state index contributed by atoms with van der Waals surface area (Å²) in [6.45, 7) is 7.34. The van der Waals surface area contributed by atoms with E-state index in [0.29, 0.717) is 23.3 Å². The molecule has 2 rings (SSSR count). The Morgan fingerprint density at radius 3 is 2.75 bits per heavy atom. The highest BCUT2D eigenvalue weighted by molar-refractivity contribution is 5.90. The number of hydrogen-bond acceptors (Lipinski definition) is 2. The highest BCUT2D eigenvalue weighted by Crippen LogP contribution is 2.27. The second-order valence-corrected chi connectivity index (χ2v) is 5.69. The Morgan fingerprint density at radius 1 is 1.38 bits per heavy atom. The van der Waals surface area contributed by atoms with Crippen LogP contribution in [0.1, 0.15) is 38.8 Å². The van der Waals surface area contributed by atoms with E-state index >= 15 is 0 Å². The van der Waals surface area contributed by atoms with E-state index in [9.17, 15) is 13.2 Å². The Labute approximate surface area is 138 Å². The lowest BCUT2D eigenvalue weighted by Crippen LogP contribution is -2.00. The highest BCUT2D eigenvalue weighted by atomic mass is 19.1. The maximum Gasteiger partial charge on any atom is 0.151 e. The van der Waals surface area contributed by atoms with Crippen molar-refractivity contribution in [3.63, 3.8) is 0 Å². The van der Waals surface area contributed by atoms with Crippen molar-refractivity contribution in [2.45, 2.75) is 33.1 Å². The van der Waals surface area contributed by atoms with Gasteiger partial charge in [-0.15, -0.1) is 0 Å². The SMILES string of the molecule is C=C(CCCC)/C(F)=C(N)\C=C(/C)c1n[nH]c2c(F)cc(F)cc12. The van der Waals surface area contributed by atoms with E-state index in [-0.39, 0.29) is 16.6 Å². The molecule has 0 saturated carbocycles. The number of aromatic amines is 1. The molecule has 0 radical (unpaired) electrons. The van der Waals surface area contributed by atoms with Gasteiger partial charge >= 0.3 is 0 Å². The molecule has 0 aliphatic carbocycles. The predicted octanol–water partition coefficient (Wildman–Crippen LogP) is 5.13. The van der Waals surface area contributed by atoms with Gasteiger partial charge in [0.15, 0.2) is 5.82 Å². The molecule has 0 bridgehead atoms. The van der Waals surface area contributed by atoms with Crippen LogP contribution < -0.4 is 5.73 Å². The number of allylic oxidation sites excluding steroid dienone is 4. The van der Waals surface area contributed by atoms with E-state index in [0.717, 1.165) is 18.9 Å². The van der Waals surface area contributed by atoms with Gasteiger partial charge in [-0.25, -0.2) is 13.2 Å². The number of unbranched alkanes of at least 4 members (excludes halogenated alkanes) is 1. The summed E-state index contributed by atoms with van der Waals surface area (Å²) < 4.78 is 41.3. The van der Waals surface area contributed by atoms with Crippen LogP contribution >= 0.6 is 0 Å². The second kappa shape index (κ2) is 7.38. The van der Waals surface area contributed by atoms with Crippen molar-refractivity contribution in [3.8, 4) is 0 Å². The molecule has 3 N–H and O–H groups in total. The van der Waals surface area contributed by atoms with E-state index in [2.05, 4.69) is 16.8 Å². The van der Waals surface area contributed by atoms with Gasteiger partial charge in [-0.2, -0.15) is 5.10 Å². The number of nitrogens with zero attached hydrogens (tertiary/aromatic N) is 1. The summed E-state index contributed by atoms with van der Waals surface area (Å²) in [5, 5.41) is 6.78. The van der Waals surface area contributed by atoms with Crippen molar-refractivity contribution in [2.24, 2.45) is 5.73 Å². The topological polar surface area (TPSA) is 54.7 Å². The number of rotatable bonds is 6. The Kier molecular flexibility index (Phi) is 5.49. The third-order valence-corrected chi connectivity index (χ3v) is 3.73. The molecule has 24 heavy (non-hydrogen) atoms. The van der Waals surface area contributed by atoms with Crippen molar-refractivity contribution >= 4 is 16.5 Å². The number of nitrogens with two attached hydrogens (primary N) is 1. The average molecular weight is 335 g/mol. The van der Waals surface area contributed by atoms with Crippen molar-refractivity contribution < 1.29 is 13.2 Å². The number of halogens is 3. The van der Waals surface area contributed by atoms with Crippen LogP contribution in [0.3, 0.4) is 0 Å². The van der Waals surface area contributed by atoms with Gasteiger partial charge in [0.25, 0.3) is 0 Å². The molecule has 0 fully saturated rings. The third kappa shape index (κ3) is 3.69. The van der Waals surface area contributed by atoms with Crippen LogP contribution in [0, 0.1) is 11.6 Å². The first-order valence-corrected chi connectivity index (χ1v) is 7.70. The first kappa shape index (κ1) is 17.8. The van der Waals surface area contributed by atoms with Gasteiger partial charge in [0.2, 0.25) is 0 Å². The Balaban J connectivity index is 2.39. The van der Waals surface area contributed by atoms with Crippen LogP contribution in [0.4, 0.5) is 13.2 Å². The molecule has 1 aromatic heterocycles. The second-order valence-electron chi connectivity index (χ2n) is 5.69. The summed E-state index contributed by atoms with van der Waals surface area (Å²) in [6.07, 6.45) is 3.67. The number of benzene rings is 1. The zero-order chi connectivity index (χ0) is 17.9. The number of H-pyrrole nitrogens is 1. The van der Waals surface area contributed by atoms with E-state index in [1.165, 1.54) is 12.1 Å². The van der Waals surface area contributed by atoms with Gasteiger partial charge in [-0.1, -0.05) is 19.9 Å². The first-order chi connectivity index (χ1) is 11.3. The van der Waals surface area contributed by atoms with Crippen molar-refractivity contribution in [2.75, 3.05) is 0 Å². The van der Waals surface area contributed by atoms with Crippen molar-refractivity contribution in [1.29, 1.82) is 0 Å². The van der Waals surface area contributed by atoms with Crippen LogP contribution in [0.15, 0.2) is 41.9 Å². The van der Waals surface area contributed by atoms with Crippen molar-refractivity contribution in [3.05, 3.63) is 59.2 Å². The minimum Gasteiger partial charge on any atom is -0.396 e. The minimum atomic E-state index is -0.737. The number of aromatic nitrogens is 2. The lowest BCUT2D eigenvalue weighted by molar-refractivity contribution is 0.590. The van der Waals surface area contributed by atoms with E-state index in [1.807, 2.05) is 6.92 Å². The maximum atomic E-state index is 14.2. The predicted molar refractivity (Wildman–Crippen MR) is 90.6 cm³/mol. The molecule has 0 unspecified atom stereocenters. The third-order valence-electron chi connectivity index (χ3n) is 3.73. The van der Waals surface area contributed by atoms with Gasteiger partial charge < -0.3 is 5.73 Å². The molecule has 0 aliphatic heterocycles. The molecule has 128 valence electrons. The molecule has 0 aliphatic rings. The van der Waals surface area contributed by atoms with Crippen LogP contribution in [-0.4, -0.2) is 10.2 Å². The van der Waals surface area contributed by atoms with E-state index in [1.54, 1.807) is 6.92 Å². The monoisotopic (exact) mass is 335 g/mol. The summed E-state index contributed by atoms with van der Waals surface area (Å²) in [5.74, 6) is -2.02. The summed E-state index contributed by atoms with van der Waals surface area (Å²) in [7, 11) is 0. The lowest BCUT2D eigenvalue weighted by Gasteiger charge is -2.05. The van der Waals surface area contributed by atoms with Crippen LogP contribution in [0.5, 0.6) is 0 Å². The summed E-state index contributed by atoms with van der Waals surface area (Å²) in [4.78, 5) is 0. The highest BCUT2D eigenvalue weighted by Gasteiger charge is 2.14. The van der Waals surface area contributed by atoms with Gasteiger partial charge in [0, 0.05) is 11.5 Å². The van der Waals surface area contributed by atoms with Crippen LogP contribution in [-0.2, 0) is 0 Å². The molecule has 0 atom stereocenters. The average Bonchev–Trinajstić information content (AvgIpc) is 2.95. The van der Waals surface area contributed by atoms with Gasteiger partial charge in [0.1, 0.15) is 17.2 Å². The normalized spacial score (nSPS) is 13.3. The molecule has 0 saturated heterocycles. The standard InChI is InChI=1S/C18H20F3N3/c1-4-5-6-10(2)16(21)15(22)7-11(3)17-13-8-12(19)9-14(20)18(13)24-23-17/h7-9H,2,4-6,22H2,1,3H3,(H,23,24)/b11-7+,16-15-. The van der Waals surface area contributed by atoms with Gasteiger partial charge in [0.05, 0.1) is 11.4 Å². The Hall–Kier alpha value is -2.50. The van der Waals surface area contributed by atoms with E-state index in [4.69, 9.17) is 5.73 Å². The molecule has 0 amide bonds. The number of hydrogen-bond donors (Lipinski definition) is 2. The fraction of sp³-hybridized carbons (Fsp3) is 0.278. The quantitative estimate of drug-likeness (QED) is 0.719. The maximum absolute atomic E-state index is 14.2.